The topological polar surface area (TPSA) is 68.5 Å². The molecule has 1 heterocycles. The van der Waals surface area contributed by atoms with Crippen molar-refractivity contribution in [3.63, 3.8) is 0 Å². The van der Waals surface area contributed by atoms with E-state index >= 15 is 0 Å². The number of carbonyl (C=O) groups excluding carboxylic acids is 1. The Morgan fingerprint density at radius 3 is 2.67 bits per heavy atom. The number of nitrogens with zero attached hydrogens (tertiary/aromatic N) is 3. The van der Waals surface area contributed by atoms with Crippen LogP contribution in [0, 0.1) is 20.8 Å². The Balaban J connectivity index is 1.57. The van der Waals surface area contributed by atoms with E-state index in [1.807, 2.05) is 63.2 Å². The van der Waals surface area contributed by atoms with E-state index < -0.39 is 0 Å². The van der Waals surface area contributed by atoms with Gasteiger partial charge in [0.15, 0.2) is 6.61 Å². The van der Waals surface area contributed by atoms with Gasteiger partial charge >= 0.3 is 0 Å². The maximum Gasteiger partial charge on any atom is 0.260 e. The lowest BCUT2D eigenvalue weighted by atomic mass is 10.1. The van der Waals surface area contributed by atoms with Crippen molar-refractivity contribution in [1.82, 2.24) is 15.0 Å². The second-order valence-electron chi connectivity index (χ2n) is 6.67. The maximum absolute atomic E-state index is 12.3. The van der Waals surface area contributed by atoms with Gasteiger partial charge in [0.05, 0.1) is 6.54 Å². The molecule has 2 aromatic carbocycles. The fourth-order valence-corrected chi connectivity index (χ4v) is 2.57. The third-order valence-electron chi connectivity index (χ3n) is 4.38. The lowest BCUT2D eigenvalue weighted by molar-refractivity contribution is -0.132. The summed E-state index contributed by atoms with van der Waals surface area (Å²) in [6, 6.07) is 13.6. The van der Waals surface area contributed by atoms with Crippen LogP contribution in [0.25, 0.3) is 11.4 Å². The van der Waals surface area contributed by atoms with E-state index in [9.17, 15) is 4.79 Å². The van der Waals surface area contributed by atoms with Crippen molar-refractivity contribution in [2.75, 3.05) is 13.7 Å². The second-order valence-corrected chi connectivity index (χ2v) is 6.67. The van der Waals surface area contributed by atoms with Crippen LogP contribution >= 0.6 is 0 Å². The molecule has 27 heavy (non-hydrogen) atoms. The van der Waals surface area contributed by atoms with Gasteiger partial charge in [-0.3, -0.25) is 4.79 Å². The highest BCUT2D eigenvalue weighted by atomic mass is 16.5. The molecule has 0 unspecified atom stereocenters. The third kappa shape index (κ3) is 4.73. The van der Waals surface area contributed by atoms with Crippen molar-refractivity contribution in [3.8, 4) is 17.1 Å². The maximum atomic E-state index is 12.3. The molecular weight excluding hydrogens is 342 g/mol. The van der Waals surface area contributed by atoms with E-state index in [4.69, 9.17) is 9.26 Å². The molecular formula is C21H23N3O3. The van der Waals surface area contributed by atoms with E-state index in [1.165, 1.54) is 10.5 Å². The highest BCUT2D eigenvalue weighted by Gasteiger charge is 2.15. The molecule has 0 bridgehead atoms. The van der Waals surface area contributed by atoms with Gasteiger partial charge < -0.3 is 14.2 Å². The summed E-state index contributed by atoms with van der Waals surface area (Å²) in [6.07, 6.45) is 0. The lowest BCUT2D eigenvalue weighted by Crippen LogP contribution is -2.31. The highest BCUT2D eigenvalue weighted by Crippen LogP contribution is 2.18. The minimum Gasteiger partial charge on any atom is -0.484 e. The van der Waals surface area contributed by atoms with Gasteiger partial charge in [0.1, 0.15) is 5.75 Å². The van der Waals surface area contributed by atoms with Gasteiger partial charge in [-0.05, 0) is 50.1 Å². The Hall–Kier alpha value is -3.15. The normalized spacial score (nSPS) is 10.7. The van der Waals surface area contributed by atoms with Gasteiger partial charge in [0.2, 0.25) is 11.7 Å². The first-order chi connectivity index (χ1) is 12.9. The number of ether oxygens (including phenoxy) is 1. The monoisotopic (exact) mass is 365 g/mol. The first-order valence-electron chi connectivity index (χ1n) is 8.76. The standard InChI is InChI=1S/C21H23N3O3/c1-14-6-5-7-17(10-14)21-22-19(27-23-21)12-24(4)20(25)13-26-18-9-8-15(2)16(3)11-18/h5-11H,12-13H2,1-4H3. The van der Waals surface area contributed by atoms with Crippen molar-refractivity contribution in [3.05, 3.63) is 65.0 Å². The lowest BCUT2D eigenvalue weighted by Gasteiger charge is -2.15. The molecule has 1 amide bonds. The minimum atomic E-state index is -0.163. The largest absolute Gasteiger partial charge is 0.484 e. The number of hydrogen-bond donors (Lipinski definition) is 0. The Morgan fingerprint density at radius 2 is 1.93 bits per heavy atom. The summed E-state index contributed by atoms with van der Waals surface area (Å²) in [4.78, 5) is 18.2. The summed E-state index contributed by atoms with van der Waals surface area (Å²) in [6.45, 7) is 6.24. The van der Waals surface area contributed by atoms with E-state index in [2.05, 4.69) is 10.1 Å². The minimum absolute atomic E-state index is 0.0438. The number of rotatable bonds is 6. The van der Waals surface area contributed by atoms with Crippen LogP contribution in [0.3, 0.4) is 0 Å². The molecule has 0 saturated carbocycles. The molecule has 0 aliphatic carbocycles. The van der Waals surface area contributed by atoms with Crippen LogP contribution < -0.4 is 4.74 Å². The molecule has 3 rings (SSSR count). The van der Waals surface area contributed by atoms with Gasteiger partial charge in [-0.15, -0.1) is 0 Å². The molecule has 0 radical (unpaired) electrons. The van der Waals surface area contributed by atoms with Crippen molar-refractivity contribution in [2.45, 2.75) is 27.3 Å². The van der Waals surface area contributed by atoms with Crippen molar-refractivity contribution in [1.29, 1.82) is 0 Å². The third-order valence-corrected chi connectivity index (χ3v) is 4.38. The molecule has 0 saturated heterocycles. The van der Waals surface area contributed by atoms with Crippen LogP contribution in [0.15, 0.2) is 47.0 Å². The Morgan fingerprint density at radius 1 is 1.11 bits per heavy atom. The summed E-state index contributed by atoms with van der Waals surface area (Å²) in [5, 5.41) is 4.00. The number of amides is 1. The molecule has 6 nitrogen and oxygen atoms in total. The molecule has 6 heteroatoms. The zero-order chi connectivity index (χ0) is 19.4. The molecule has 0 N–H and O–H groups in total. The number of hydrogen-bond acceptors (Lipinski definition) is 5. The Kier molecular flexibility index (Phi) is 5.54. The van der Waals surface area contributed by atoms with E-state index in [1.54, 1.807) is 7.05 Å². The van der Waals surface area contributed by atoms with Crippen LogP contribution in [-0.2, 0) is 11.3 Å². The summed E-state index contributed by atoms with van der Waals surface area (Å²) in [5.41, 5.74) is 4.32. The van der Waals surface area contributed by atoms with Gasteiger partial charge in [-0.25, -0.2) is 0 Å². The molecule has 0 fully saturated rings. The summed E-state index contributed by atoms with van der Waals surface area (Å²) in [5.74, 6) is 1.41. The molecule has 1 aromatic heterocycles. The second kappa shape index (κ2) is 8.03. The Bertz CT molecular complexity index is 949. The number of carbonyl (C=O) groups is 1. The SMILES string of the molecule is Cc1cccc(-c2noc(CN(C)C(=O)COc3ccc(C)c(C)c3)n2)c1. The fraction of sp³-hybridized carbons (Fsp3) is 0.286. The molecule has 0 aliphatic heterocycles. The molecule has 0 spiro atoms. The van der Waals surface area contributed by atoms with Crippen LogP contribution in [-0.4, -0.2) is 34.6 Å². The van der Waals surface area contributed by atoms with Crippen LogP contribution in [0.4, 0.5) is 0 Å². The van der Waals surface area contributed by atoms with Crippen LogP contribution in [0.1, 0.15) is 22.6 Å². The first kappa shape index (κ1) is 18.6. The first-order valence-corrected chi connectivity index (χ1v) is 8.76. The zero-order valence-electron chi connectivity index (χ0n) is 16.0. The van der Waals surface area contributed by atoms with Gasteiger partial charge in [-0.2, -0.15) is 4.98 Å². The summed E-state index contributed by atoms with van der Waals surface area (Å²) < 4.78 is 10.9. The van der Waals surface area contributed by atoms with Gasteiger partial charge in [-0.1, -0.05) is 35.0 Å². The smallest absolute Gasteiger partial charge is 0.260 e. The molecule has 3 aromatic rings. The molecule has 0 atom stereocenters. The number of aromatic nitrogens is 2. The zero-order valence-corrected chi connectivity index (χ0v) is 16.0. The molecule has 140 valence electrons. The van der Waals surface area contributed by atoms with Crippen LogP contribution in [0.5, 0.6) is 5.75 Å². The summed E-state index contributed by atoms with van der Waals surface area (Å²) >= 11 is 0. The van der Waals surface area contributed by atoms with Gasteiger partial charge in [0, 0.05) is 12.6 Å². The van der Waals surface area contributed by atoms with Crippen molar-refractivity contribution < 1.29 is 14.1 Å². The predicted molar refractivity (Wildman–Crippen MR) is 102 cm³/mol. The van der Waals surface area contributed by atoms with Gasteiger partial charge in [0.25, 0.3) is 5.91 Å². The number of likely N-dealkylation sites (N-methyl/N-ethyl adjacent to an activating group) is 1. The number of benzene rings is 2. The van der Waals surface area contributed by atoms with E-state index in [-0.39, 0.29) is 19.1 Å². The Labute approximate surface area is 158 Å². The molecule has 0 aliphatic rings. The van der Waals surface area contributed by atoms with E-state index in [0.717, 1.165) is 16.7 Å². The average molecular weight is 365 g/mol. The van der Waals surface area contributed by atoms with E-state index in [0.29, 0.717) is 17.5 Å². The fourth-order valence-electron chi connectivity index (χ4n) is 2.57. The number of aryl methyl sites for hydroxylation is 3. The highest BCUT2D eigenvalue weighted by molar-refractivity contribution is 5.77. The summed E-state index contributed by atoms with van der Waals surface area (Å²) in [7, 11) is 1.68. The predicted octanol–water partition coefficient (Wildman–Crippen LogP) is 3.70. The van der Waals surface area contributed by atoms with Crippen molar-refractivity contribution in [2.24, 2.45) is 0 Å². The van der Waals surface area contributed by atoms with Crippen LogP contribution in [0.2, 0.25) is 0 Å². The average Bonchev–Trinajstić information content (AvgIpc) is 3.11. The van der Waals surface area contributed by atoms with Crippen molar-refractivity contribution >= 4 is 5.91 Å². The quantitative estimate of drug-likeness (QED) is 0.666.